The molecule has 0 N–H and O–H groups in total. The average Bonchev–Trinajstić information content (AvgIpc) is 3.13. The molecule has 0 spiro atoms. The second-order valence-corrected chi connectivity index (χ2v) is 11.8. The molecule has 6 heteroatoms. The van der Waals surface area contributed by atoms with E-state index in [-0.39, 0.29) is 0 Å². The van der Waals surface area contributed by atoms with Gasteiger partial charge in [0.15, 0.2) is 0 Å². The van der Waals surface area contributed by atoms with Gasteiger partial charge in [-0.2, -0.15) is 0 Å². The summed E-state index contributed by atoms with van der Waals surface area (Å²) in [7, 11) is 3.34. The monoisotopic (exact) mass is 631 g/mol. The maximum Gasteiger partial charge on any atom is 0.123 e. The van der Waals surface area contributed by atoms with Gasteiger partial charge in [0.2, 0.25) is 0 Å². The van der Waals surface area contributed by atoms with Crippen LogP contribution in [0.5, 0.6) is 11.5 Å². The molecule has 0 amide bonds. The fraction of sp³-hybridized carbons (Fsp3) is 0.0488. The molecule has 47 heavy (non-hydrogen) atoms. The lowest BCUT2D eigenvalue weighted by Crippen LogP contribution is -2.24. The highest BCUT2D eigenvalue weighted by molar-refractivity contribution is 6.30. The molecule has 6 aromatic carbocycles. The van der Waals surface area contributed by atoms with Crippen molar-refractivity contribution in [2.45, 2.75) is 0 Å². The normalized spacial score (nSPS) is 12.1. The molecule has 2 heterocycles. The van der Waals surface area contributed by atoms with E-state index in [4.69, 9.17) is 26.1 Å². The molecule has 0 fully saturated rings. The number of fused-ring (bicyclic) bond motifs is 3. The van der Waals surface area contributed by atoms with Gasteiger partial charge in [-0.15, -0.1) is 0 Å². The molecule has 1 aliphatic rings. The number of anilines is 6. The highest BCUT2D eigenvalue weighted by Crippen LogP contribution is 2.55. The number of methoxy groups -OCH3 is 2. The quantitative estimate of drug-likeness (QED) is 0.182. The summed E-state index contributed by atoms with van der Waals surface area (Å²) in [4.78, 5) is 10.0. The highest BCUT2D eigenvalue weighted by Gasteiger charge is 2.31. The number of ether oxygens (including phenoxy) is 2. The van der Waals surface area contributed by atoms with Gasteiger partial charge in [-0.3, -0.25) is 0 Å². The van der Waals surface area contributed by atoms with Crippen LogP contribution in [0.2, 0.25) is 5.02 Å². The zero-order valence-electron chi connectivity index (χ0n) is 25.9. The Labute approximate surface area is 278 Å². The third kappa shape index (κ3) is 5.02. The number of halogens is 1. The summed E-state index contributed by atoms with van der Waals surface area (Å²) >= 11 is 6.31. The van der Waals surface area contributed by atoms with Crippen molar-refractivity contribution in [3.8, 4) is 33.9 Å². The molecular formula is C41H30ClN3O2. The summed E-state index contributed by atoms with van der Waals surface area (Å²) in [6, 6.07) is 49.9. The fourth-order valence-corrected chi connectivity index (χ4v) is 6.57. The van der Waals surface area contributed by atoms with Crippen LogP contribution < -0.4 is 19.3 Å². The van der Waals surface area contributed by atoms with E-state index in [1.165, 1.54) is 0 Å². The summed E-state index contributed by atoms with van der Waals surface area (Å²) < 4.78 is 11.4. The van der Waals surface area contributed by atoms with Gasteiger partial charge in [0.05, 0.1) is 53.9 Å². The van der Waals surface area contributed by atoms with Crippen LogP contribution in [0.15, 0.2) is 146 Å². The zero-order chi connectivity index (χ0) is 31.9. The zero-order valence-corrected chi connectivity index (χ0v) is 26.6. The summed E-state index contributed by atoms with van der Waals surface area (Å²) in [6.45, 7) is 0. The SMILES string of the molecule is COc1cc(OC)cc(-c2cc(-c3ccc(Cl)cc3)nc3c(N4c5ccccc5N(c5ccccc5)c5ccccc54)cccc23)c1. The topological polar surface area (TPSA) is 37.8 Å². The van der Waals surface area contributed by atoms with E-state index in [1.54, 1.807) is 14.2 Å². The molecular weight excluding hydrogens is 602 g/mol. The predicted molar refractivity (Wildman–Crippen MR) is 194 cm³/mol. The van der Waals surface area contributed by atoms with Gasteiger partial charge in [0.25, 0.3) is 0 Å². The van der Waals surface area contributed by atoms with Crippen molar-refractivity contribution in [3.63, 3.8) is 0 Å². The third-order valence-electron chi connectivity index (χ3n) is 8.60. The number of benzene rings is 6. The Morgan fingerprint density at radius 3 is 1.66 bits per heavy atom. The largest absolute Gasteiger partial charge is 0.497 e. The lowest BCUT2D eigenvalue weighted by atomic mass is 9.96. The van der Waals surface area contributed by atoms with Crippen molar-refractivity contribution in [3.05, 3.63) is 151 Å². The number of aromatic nitrogens is 1. The molecule has 8 rings (SSSR count). The highest BCUT2D eigenvalue weighted by atomic mass is 35.5. The lowest BCUT2D eigenvalue weighted by Gasteiger charge is -2.40. The number of para-hydroxylation sites is 6. The number of hydrogen-bond donors (Lipinski definition) is 0. The standard InChI is InChI=1S/C41H30ClN3O2/c1-46-31-23-28(24-32(25-31)47-2)34-26-35(27-19-21-29(42)22-20-27)43-41-33(34)13-10-18-40(41)45-38-16-8-6-14-36(38)44(30-11-4-3-5-12-30)37-15-7-9-17-39(37)45/h3-26H,1-2H3. The minimum absolute atomic E-state index is 0.678. The third-order valence-corrected chi connectivity index (χ3v) is 8.85. The van der Waals surface area contributed by atoms with E-state index in [0.717, 1.165) is 67.4 Å². The van der Waals surface area contributed by atoms with Gasteiger partial charge in [-0.25, -0.2) is 4.98 Å². The van der Waals surface area contributed by atoms with Crippen LogP contribution in [0.4, 0.5) is 34.1 Å². The van der Waals surface area contributed by atoms with Crippen molar-refractivity contribution in [2.24, 2.45) is 0 Å². The molecule has 0 bridgehead atoms. The Morgan fingerprint density at radius 1 is 0.511 bits per heavy atom. The van der Waals surface area contributed by atoms with Crippen LogP contribution in [0.1, 0.15) is 0 Å². The van der Waals surface area contributed by atoms with E-state index >= 15 is 0 Å². The molecule has 5 nitrogen and oxygen atoms in total. The van der Waals surface area contributed by atoms with Gasteiger partial charge >= 0.3 is 0 Å². The molecule has 0 unspecified atom stereocenters. The van der Waals surface area contributed by atoms with Crippen molar-refractivity contribution in [1.29, 1.82) is 0 Å². The molecule has 0 atom stereocenters. The summed E-state index contributed by atoms with van der Waals surface area (Å²) in [5, 5.41) is 1.69. The molecule has 0 saturated carbocycles. The Morgan fingerprint density at radius 2 is 1.06 bits per heavy atom. The Balaban J connectivity index is 1.42. The Bertz CT molecular complexity index is 2180. The van der Waals surface area contributed by atoms with Gasteiger partial charge < -0.3 is 19.3 Å². The van der Waals surface area contributed by atoms with Crippen molar-refractivity contribution >= 4 is 56.6 Å². The van der Waals surface area contributed by atoms with Crippen LogP contribution in [0.25, 0.3) is 33.3 Å². The molecule has 1 aliphatic heterocycles. The molecule has 7 aromatic rings. The van der Waals surface area contributed by atoms with Crippen LogP contribution >= 0.6 is 11.6 Å². The van der Waals surface area contributed by atoms with Crippen molar-refractivity contribution < 1.29 is 9.47 Å². The first kappa shape index (κ1) is 28.7. The fourth-order valence-electron chi connectivity index (χ4n) is 6.44. The predicted octanol–water partition coefficient (Wildman–Crippen LogP) is 11.5. The van der Waals surface area contributed by atoms with Crippen molar-refractivity contribution in [2.75, 3.05) is 24.0 Å². The number of hydrogen-bond acceptors (Lipinski definition) is 5. The van der Waals surface area contributed by atoms with E-state index in [9.17, 15) is 0 Å². The number of rotatable bonds is 6. The minimum atomic E-state index is 0.678. The summed E-state index contributed by atoms with van der Waals surface area (Å²) in [6.07, 6.45) is 0. The van der Waals surface area contributed by atoms with E-state index in [1.807, 2.05) is 48.5 Å². The Hall–Kier alpha value is -5.78. The summed E-state index contributed by atoms with van der Waals surface area (Å²) in [5.74, 6) is 1.43. The van der Waals surface area contributed by atoms with Crippen LogP contribution in [0.3, 0.4) is 0 Å². The van der Waals surface area contributed by atoms with Gasteiger partial charge in [-0.05, 0) is 83.9 Å². The second-order valence-electron chi connectivity index (χ2n) is 11.3. The molecule has 0 aliphatic carbocycles. The van der Waals surface area contributed by atoms with Crippen LogP contribution in [0, 0.1) is 0 Å². The number of pyridine rings is 1. The first-order valence-corrected chi connectivity index (χ1v) is 15.8. The average molecular weight is 632 g/mol. The summed E-state index contributed by atoms with van der Waals surface area (Å²) in [5.41, 5.74) is 11.0. The first-order valence-electron chi connectivity index (χ1n) is 15.4. The van der Waals surface area contributed by atoms with E-state index in [2.05, 4.69) is 107 Å². The van der Waals surface area contributed by atoms with Crippen LogP contribution in [-0.4, -0.2) is 19.2 Å². The molecule has 228 valence electrons. The first-order chi connectivity index (χ1) is 23.1. The Kier molecular flexibility index (Phi) is 7.24. The van der Waals surface area contributed by atoms with Gasteiger partial charge in [0.1, 0.15) is 11.5 Å². The van der Waals surface area contributed by atoms with Gasteiger partial charge in [0, 0.05) is 27.7 Å². The number of nitrogens with zero attached hydrogens (tertiary/aromatic N) is 3. The van der Waals surface area contributed by atoms with Crippen LogP contribution in [-0.2, 0) is 0 Å². The molecule has 0 saturated heterocycles. The second kappa shape index (κ2) is 11.9. The maximum absolute atomic E-state index is 6.31. The smallest absolute Gasteiger partial charge is 0.123 e. The maximum atomic E-state index is 6.31. The molecule has 1 aromatic heterocycles. The van der Waals surface area contributed by atoms with Gasteiger partial charge in [-0.1, -0.05) is 78.3 Å². The van der Waals surface area contributed by atoms with Crippen molar-refractivity contribution in [1.82, 2.24) is 4.98 Å². The lowest BCUT2D eigenvalue weighted by molar-refractivity contribution is 0.394. The minimum Gasteiger partial charge on any atom is -0.497 e. The van der Waals surface area contributed by atoms with E-state index < -0.39 is 0 Å². The van der Waals surface area contributed by atoms with E-state index in [0.29, 0.717) is 16.5 Å². The molecule has 0 radical (unpaired) electrons.